The van der Waals surface area contributed by atoms with Gasteiger partial charge in [0.05, 0.1) is 4.90 Å². The molecule has 0 radical (unpaired) electrons. The van der Waals surface area contributed by atoms with Crippen molar-refractivity contribution in [2.24, 2.45) is 0 Å². The molecule has 100 valence electrons. The van der Waals surface area contributed by atoms with Gasteiger partial charge in [0.2, 0.25) is 0 Å². The van der Waals surface area contributed by atoms with E-state index in [1.165, 1.54) is 0 Å². The van der Waals surface area contributed by atoms with Gasteiger partial charge in [-0.15, -0.1) is 0 Å². The van der Waals surface area contributed by atoms with E-state index in [-0.39, 0.29) is 0 Å². The molecule has 0 saturated heterocycles. The predicted molar refractivity (Wildman–Crippen MR) is 76.5 cm³/mol. The minimum atomic E-state index is -1.97. The van der Waals surface area contributed by atoms with E-state index in [2.05, 4.69) is 0 Å². The van der Waals surface area contributed by atoms with Crippen LogP contribution in [-0.4, -0.2) is 8.76 Å². The standard InChI is InChI=1S/C14H13ClO3S/c1-9-7-12(8-10(2)14(9)15)18-11-3-5-13(6-4-11)19(16)17/h3-8H,1-2H3,(H,16,17). The van der Waals surface area contributed by atoms with Crippen LogP contribution in [0.2, 0.25) is 5.02 Å². The third-order valence-corrected chi connectivity index (χ3v) is 3.94. The van der Waals surface area contributed by atoms with E-state index < -0.39 is 11.1 Å². The van der Waals surface area contributed by atoms with Gasteiger partial charge in [0.25, 0.3) is 0 Å². The summed E-state index contributed by atoms with van der Waals surface area (Å²) in [5.74, 6) is 1.30. The fourth-order valence-electron chi connectivity index (χ4n) is 1.73. The largest absolute Gasteiger partial charge is 0.457 e. The first kappa shape index (κ1) is 14.1. The molecule has 2 aromatic carbocycles. The summed E-state index contributed by atoms with van der Waals surface area (Å²) < 4.78 is 25.5. The zero-order valence-electron chi connectivity index (χ0n) is 10.5. The topological polar surface area (TPSA) is 46.5 Å². The maximum absolute atomic E-state index is 10.9. The van der Waals surface area contributed by atoms with Gasteiger partial charge in [-0.1, -0.05) is 11.6 Å². The molecule has 19 heavy (non-hydrogen) atoms. The molecule has 1 N–H and O–H groups in total. The van der Waals surface area contributed by atoms with Crippen LogP contribution in [0.1, 0.15) is 11.1 Å². The molecule has 0 heterocycles. The molecule has 1 atom stereocenters. The van der Waals surface area contributed by atoms with Crippen LogP contribution in [-0.2, 0) is 11.1 Å². The molecule has 5 heteroatoms. The number of hydrogen-bond acceptors (Lipinski definition) is 2. The molecule has 0 bridgehead atoms. The van der Waals surface area contributed by atoms with E-state index in [0.717, 1.165) is 16.1 Å². The summed E-state index contributed by atoms with van der Waals surface area (Å²) in [5.41, 5.74) is 1.90. The van der Waals surface area contributed by atoms with Crippen molar-refractivity contribution >= 4 is 22.7 Å². The average Bonchev–Trinajstić information content (AvgIpc) is 2.36. The molecule has 2 rings (SSSR count). The molecule has 0 aliphatic carbocycles. The quantitative estimate of drug-likeness (QED) is 0.858. The molecule has 0 aliphatic heterocycles. The molecule has 3 nitrogen and oxygen atoms in total. The third kappa shape index (κ3) is 3.35. The number of hydrogen-bond donors (Lipinski definition) is 1. The molecule has 1 unspecified atom stereocenters. The first-order valence-corrected chi connectivity index (χ1v) is 7.11. The zero-order chi connectivity index (χ0) is 14.0. The second-order valence-electron chi connectivity index (χ2n) is 4.19. The molecule has 0 saturated carbocycles. The van der Waals surface area contributed by atoms with Gasteiger partial charge in [0, 0.05) is 5.02 Å². The lowest BCUT2D eigenvalue weighted by Gasteiger charge is -2.09. The number of aryl methyl sites for hydroxylation is 2. The minimum Gasteiger partial charge on any atom is -0.457 e. The van der Waals surface area contributed by atoms with Gasteiger partial charge in [-0.2, -0.15) is 0 Å². The lowest BCUT2D eigenvalue weighted by Crippen LogP contribution is -1.90. The number of benzene rings is 2. The second-order valence-corrected chi connectivity index (χ2v) is 5.54. The van der Waals surface area contributed by atoms with Crippen molar-refractivity contribution in [2.45, 2.75) is 18.7 Å². The first-order valence-electron chi connectivity index (χ1n) is 5.63. The zero-order valence-corrected chi connectivity index (χ0v) is 12.1. The van der Waals surface area contributed by atoms with Crippen LogP contribution in [0.4, 0.5) is 0 Å². The molecule has 2 aromatic rings. The Balaban J connectivity index is 2.24. The van der Waals surface area contributed by atoms with Gasteiger partial charge in [-0.25, -0.2) is 4.21 Å². The summed E-state index contributed by atoms with van der Waals surface area (Å²) in [6, 6.07) is 10.1. The van der Waals surface area contributed by atoms with Crippen LogP contribution in [0.25, 0.3) is 0 Å². The van der Waals surface area contributed by atoms with Crippen molar-refractivity contribution in [1.29, 1.82) is 0 Å². The van der Waals surface area contributed by atoms with E-state index in [9.17, 15) is 4.21 Å². The molecular weight excluding hydrogens is 284 g/mol. The highest BCUT2D eigenvalue weighted by Crippen LogP contribution is 2.29. The van der Waals surface area contributed by atoms with E-state index in [4.69, 9.17) is 20.9 Å². The van der Waals surface area contributed by atoms with E-state index in [0.29, 0.717) is 16.4 Å². The van der Waals surface area contributed by atoms with E-state index in [1.807, 2.05) is 26.0 Å². The van der Waals surface area contributed by atoms with Crippen LogP contribution in [0.15, 0.2) is 41.3 Å². The maximum atomic E-state index is 10.9. The van der Waals surface area contributed by atoms with Crippen LogP contribution >= 0.6 is 11.6 Å². The highest BCUT2D eigenvalue weighted by atomic mass is 35.5. The Kier molecular flexibility index (Phi) is 4.24. The van der Waals surface area contributed by atoms with Crippen LogP contribution in [0.3, 0.4) is 0 Å². The Labute approximate surface area is 119 Å². The fraction of sp³-hybridized carbons (Fsp3) is 0.143. The van der Waals surface area contributed by atoms with Gasteiger partial charge in [-0.05, 0) is 61.4 Å². The van der Waals surface area contributed by atoms with Crippen LogP contribution in [0.5, 0.6) is 11.5 Å². The molecule has 0 aliphatic rings. The van der Waals surface area contributed by atoms with Crippen LogP contribution < -0.4 is 4.74 Å². The number of ether oxygens (including phenoxy) is 1. The molecule has 0 aromatic heterocycles. The van der Waals surface area contributed by atoms with Crippen molar-refractivity contribution in [3.63, 3.8) is 0 Å². The Morgan fingerprint density at radius 1 is 1.05 bits per heavy atom. The summed E-state index contributed by atoms with van der Waals surface area (Å²) in [7, 11) is 0. The van der Waals surface area contributed by atoms with Crippen LogP contribution in [0, 0.1) is 13.8 Å². The fourth-order valence-corrected chi connectivity index (χ4v) is 2.20. The summed E-state index contributed by atoms with van der Waals surface area (Å²) in [5, 5.41) is 0.735. The average molecular weight is 297 g/mol. The molecule has 0 fully saturated rings. The van der Waals surface area contributed by atoms with Crippen molar-refractivity contribution < 1.29 is 13.5 Å². The number of rotatable bonds is 3. The number of halogens is 1. The lowest BCUT2D eigenvalue weighted by molar-refractivity contribution is 0.481. The van der Waals surface area contributed by atoms with Gasteiger partial charge < -0.3 is 9.29 Å². The van der Waals surface area contributed by atoms with E-state index in [1.54, 1.807) is 24.3 Å². The lowest BCUT2D eigenvalue weighted by atomic mass is 10.1. The van der Waals surface area contributed by atoms with Crippen molar-refractivity contribution in [3.8, 4) is 11.5 Å². The smallest absolute Gasteiger partial charge is 0.186 e. The van der Waals surface area contributed by atoms with Crippen molar-refractivity contribution in [1.82, 2.24) is 0 Å². The van der Waals surface area contributed by atoms with Gasteiger partial charge in [0.15, 0.2) is 11.1 Å². The molecule has 0 amide bonds. The third-order valence-electron chi connectivity index (χ3n) is 2.67. The Hall–Kier alpha value is -1.36. The normalized spacial score (nSPS) is 12.2. The Bertz CT molecular complexity index is 600. The Morgan fingerprint density at radius 2 is 1.58 bits per heavy atom. The maximum Gasteiger partial charge on any atom is 0.186 e. The predicted octanol–water partition coefficient (Wildman–Crippen LogP) is 4.33. The van der Waals surface area contributed by atoms with Crippen molar-refractivity contribution in [3.05, 3.63) is 52.5 Å². The second kappa shape index (κ2) is 5.74. The highest BCUT2D eigenvalue weighted by Gasteiger charge is 2.05. The summed E-state index contributed by atoms with van der Waals surface area (Å²) >= 11 is 4.12. The van der Waals surface area contributed by atoms with Gasteiger partial charge in [-0.3, -0.25) is 0 Å². The van der Waals surface area contributed by atoms with E-state index >= 15 is 0 Å². The monoisotopic (exact) mass is 296 g/mol. The SMILES string of the molecule is Cc1cc(Oc2ccc(S(=O)O)cc2)cc(C)c1Cl. The minimum absolute atomic E-state index is 0.343. The molecular formula is C14H13ClO3S. The van der Waals surface area contributed by atoms with Crippen molar-refractivity contribution in [2.75, 3.05) is 0 Å². The summed E-state index contributed by atoms with van der Waals surface area (Å²) in [6.45, 7) is 3.83. The Morgan fingerprint density at radius 3 is 2.05 bits per heavy atom. The molecule has 0 spiro atoms. The summed E-state index contributed by atoms with van der Waals surface area (Å²) in [4.78, 5) is 0.343. The van der Waals surface area contributed by atoms with Gasteiger partial charge in [0.1, 0.15) is 11.5 Å². The first-order chi connectivity index (χ1) is 8.97. The highest BCUT2D eigenvalue weighted by molar-refractivity contribution is 7.79. The van der Waals surface area contributed by atoms with Gasteiger partial charge >= 0.3 is 0 Å². The summed E-state index contributed by atoms with van der Waals surface area (Å²) in [6.07, 6.45) is 0.